The van der Waals surface area contributed by atoms with E-state index in [2.05, 4.69) is 43.4 Å². The molecule has 1 aromatic carbocycles. The van der Waals surface area contributed by atoms with Gasteiger partial charge in [0, 0.05) is 8.80 Å². The van der Waals surface area contributed by atoms with Crippen molar-refractivity contribution in [2.75, 3.05) is 0 Å². The minimum absolute atomic E-state index is 0.397. The molecule has 0 aromatic heterocycles. The number of hydrogen-bond acceptors (Lipinski definition) is 0. The first kappa shape index (κ1) is 7.54. The number of benzene rings is 1. The van der Waals surface area contributed by atoms with Gasteiger partial charge in [-0.15, -0.1) is 0 Å². The van der Waals surface area contributed by atoms with Crippen molar-refractivity contribution in [3.8, 4) is 0 Å². The van der Waals surface area contributed by atoms with Gasteiger partial charge in [-0.3, -0.25) is 0 Å². The van der Waals surface area contributed by atoms with Gasteiger partial charge in [0.15, 0.2) is 0 Å². The monoisotopic (exact) mass is 150 g/mol. The molecule has 0 aliphatic rings. The highest BCUT2D eigenvalue weighted by Gasteiger charge is 1.95. The Morgan fingerprint density at radius 1 is 1.10 bits per heavy atom. The van der Waals surface area contributed by atoms with Crippen LogP contribution >= 0.6 is 0 Å². The van der Waals surface area contributed by atoms with Crippen LogP contribution in [0.15, 0.2) is 30.3 Å². The van der Waals surface area contributed by atoms with Gasteiger partial charge in [0.05, 0.1) is 0 Å². The summed E-state index contributed by atoms with van der Waals surface area (Å²) in [4.78, 5) is 0. The summed E-state index contributed by atoms with van der Waals surface area (Å²) in [5, 5.41) is 0. The largest absolute Gasteiger partial charge is 0.0719 e. The van der Waals surface area contributed by atoms with E-state index in [1.165, 1.54) is 11.6 Å². The lowest BCUT2D eigenvalue weighted by Gasteiger charge is -2.01. The Bertz CT molecular complexity index is 179. The van der Waals surface area contributed by atoms with E-state index >= 15 is 0 Å². The lowest BCUT2D eigenvalue weighted by atomic mass is 10.2. The summed E-state index contributed by atoms with van der Waals surface area (Å²) in [5.74, 6) is 0. The van der Waals surface area contributed by atoms with Crippen molar-refractivity contribution in [3.63, 3.8) is 0 Å². The third kappa shape index (κ3) is 2.36. The maximum absolute atomic E-state index is 2.38. The Hall–Kier alpha value is -0.563. The van der Waals surface area contributed by atoms with Crippen molar-refractivity contribution < 1.29 is 0 Å². The molecule has 0 unspecified atom stereocenters. The average molecular weight is 150 g/mol. The van der Waals surface area contributed by atoms with E-state index in [-0.39, 0.29) is 0 Å². The number of rotatable bonds is 2. The van der Waals surface area contributed by atoms with Crippen molar-refractivity contribution in [2.24, 2.45) is 0 Å². The normalized spacial score (nSPS) is 10.3. The van der Waals surface area contributed by atoms with Crippen LogP contribution in [0.25, 0.3) is 0 Å². The van der Waals surface area contributed by atoms with Crippen molar-refractivity contribution in [3.05, 3.63) is 35.9 Å². The first-order valence-corrected chi connectivity index (χ1v) is 6.95. The van der Waals surface area contributed by atoms with Gasteiger partial charge in [-0.05, 0) is 6.04 Å². The Balaban J connectivity index is 2.59. The fraction of sp³-hybridized carbons (Fsp3) is 0.333. The molecule has 0 atom stereocenters. The summed E-state index contributed by atoms with van der Waals surface area (Å²) in [6, 6.07) is 12.1. The standard InChI is InChI=1S/C9H14Si/c1-10(2)8-9-6-4-3-5-7-9/h3-7,10H,8H2,1-2H3. The van der Waals surface area contributed by atoms with Crippen molar-refractivity contribution in [1.29, 1.82) is 0 Å². The molecular formula is C9H14Si. The Morgan fingerprint density at radius 3 is 2.20 bits per heavy atom. The highest BCUT2D eigenvalue weighted by Crippen LogP contribution is 2.01. The van der Waals surface area contributed by atoms with Gasteiger partial charge in [0.1, 0.15) is 0 Å². The minimum atomic E-state index is -0.397. The van der Waals surface area contributed by atoms with Gasteiger partial charge in [0.2, 0.25) is 0 Å². The van der Waals surface area contributed by atoms with Gasteiger partial charge in [-0.1, -0.05) is 49.0 Å². The Kier molecular flexibility index (Phi) is 2.69. The van der Waals surface area contributed by atoms with Gasteiger partial charge in [0.25, 0.3) is 0 Å². The van der Waals surface area contributed by atoms with E-state index in [1.807, 2.05) is 0 Å². The van der Waals surface area contributed by atoms with Gasteiger partial charge in [-0.25, -0.2) is 0 Å². The average Bonchev–Trinajstić information content (AvgIpc) is 1.88. The van der Waals surface area contributed by atoms with Crippen LogP contribution in [0.2, 0.25) is 13.1 Å². The number of hydrogen-bond donors (Lipinski definition) is 0. The molecule has 0 bridgehead atoms. The maximum Gasteiger partial charge on any atom is 0.0352 e. The summed E-state index contributed by atoms with van der Waals surface area (Å²) in [7, 11) is -0.397. The van der Waals surface area contributed by atoms with Gasteiger partial charge >= 0.3 is 0 Å². The molecule has 0 saturated carbocycles. The summed E-state index contributed by atoms with van der Waals surface area (Å²) in [6.07, 6.45) is 0. The smallest absolute Gasteiger partial charge is 0.0352 e. The molecule has 0 amide bonds. The van der Waals surface area contributed by atoms with Crippen LogP contribution in [0.1, 0.15) is 5.56 Å². The van der Waals surface area contributed by atoms with Crippen LogP contribution in [0.5, 0.6) is 0 Å². The fourth-order valence-corrected chi connectivity index (χ4v) is 2.30. The van der Waals surface area contributed by atoms with E-state index in [0.29, 0.717) is 0 Å². The van der Waals surface area contributed by atoms with E-state index in [0.717, 1.165) is 0 Å². The Morgan fingerprint density at radius 2 is 1.70 bits per heavy atom. The van der Waals surface area contributed by atoms with Gasteiger partial charge < -0.3 is 0 Å². The van der Waals surface area contributed by atoms with Crippen LogP contribution < -0.4 is 0 Å². The molecule has 0 aliphatic heterocycles. The van der Waals surface area contributed by atoms with Crippen LogP contribution in [-0.4, -0.2) is 8.80 Å². The molecule has 1 rings (SSSR count). The molecule has 1 heteroatoms. The van der Waals surface area contributed by atoms with Crippen molar-refractivity contribution in [2.45, 2.75) is 19.1 Å². The zero-order valence-electron chi connectivity index (χ0n) is 6.67. The first-order valence-electron chi connectivity index (χ1n) is 3.83. The lowest BCUT2D eigenvalue weighted by molar-refractivity contribution is 1.35. The van der Waals surface area contributed by atoms with Gasteiger partial charge in [-0.2, -0.15) is 0 Å². The topological polar surface area (TPSA) is 0 Å². The molecule has 0 radical (unpaired) electrons. The second kappa shape index (κ2) is 3.57. The molecule has 0 fully saturated rings. The predicted octanol–water partition coefficient (Wildman–Crippen LogP) is 2.25. The molecule has 0 N–H and O–H groups in total. The minimum Gasteiger partial charge on any atom is -0.0719 e. The molecule has 54 valence electrons. The highest BCUT2D eigenvalue weighted by atomic mass is 28.3. The summed E-state index contributed by atoms with van der Waals surface area (Å²) < 4.78 is 0. The van der Waals surface area contributed by atoms with Crippen LogP contribution in [0.4, 0.5) is 0 Å². The third-order valence-corrected chi connectivity index (χ3v) is 2.77. The highest BCUT2D eigenvalue weighted by molar-refractivity contribution is 6.55. The molecular weight excluding hydrogens is 136 g/mol. The van der Waals surface area contributed by atoms with Crippen molar-refractivity contribution in [1.82, 2.24) is 0 Å². The summed E-state index contributed by atoms with van der Waals surface area (Å²) >= 11 is 0. The molecule has 1 aromatic rings. The third-order valence-electron chi connectivity index (χ3n) is 1.49. The maximum atomic E-state index is 2.38. The Labute approximate surface area is 64.5 Å². The first-order chi connectivity index (χ1) is 4.79. The molecule has 10 heavy (non-hydrogen) atoms. The van der Waals surface area contributed by atoms with E-state index in [4.69, 9.17) is 0 Å². The fourth-order valence-electron chi connectivity index (χ4n) is 1.09. The quantitative estimate of drug-likeness (QED) is 0.567. The SMILES string of the molecule is C[SiH](C)Cc1ccccc1. The molecule has 0 spiro atoms. The zero-order valence-corrected chi connectivity index (χ0v) is 7.83. The summed E-state index contributed by atoms with van der Waals surface area (Å²) in [5.41, 5.74) is 1.50. The van der Waals surface area contributed by atoms with E-state index in [1.54, 1.807) is 0 Å². The molecule has 0 nitrogen and oxygen atoms in total. The second-order valence-electron chi connectivity index (χ2n) is 3.08. The van der Waals surface area contributed by atoms with Crippen LogP contribution in [-0.2, 0) is 6.04 Å². The second-order valence-corrected chi connectivity index (χ2v) is 6.28. The molecule has 0 heterocycles. The van der Waals surface area contributed by atoms with Crippen LogP contribution in [0.3, 0.4) is 0 Å². The zero-order chi connectivity index (χ0) is 7.40. The van der Waals surface area contributed by atoms with E-state index in [9.17, 15) is 0 Å². The van der Waals surface area contributed by atoms with Crippen LogP contribution in [0, 0.1) is 0 Å². The van der Waals surface area contributed by atoms with E-state index < -0.39 is 8.80 Å². The predicted molar refractivity (Wildman–Crippen MR) is 49.0 cm³/mol. The molecule has 0 aliphatic carbocycles. The lowest BCUT2D eigenvalue weighted by Crippen LogP contribution is -2.04. The van der Waals surface area contributed by atoms with Crippen molar-refractivity contribution >= 4 is 8.80 Å². The summed E-state index contributed by atoms with van der Waals surface area (Å²) in [6.45, 7) is 4.76. The molecule has 0 saturated heterocycles.